The molecule has 1 aliphatic heterocycles. The summed E-state index contributed by atoms with van der Waals surface area (Å²) in [6.07, 6.45) is 1.64. The minimum absolute atomic E-state index is 0.0552. The normalized spacial score (nSPS) is 18.0. The average Bonchev–Trinajstić information content (AvgIpc) is 2.70. The molecule has 2 aromatic carbocycles. The fourth-order valence-corrected chi connectivity index (χ4v) is 5.25. The van der Waals surface area contributed by atoms with Crippen molar-refractivity contribution < 1.29 is 13.2 Å². The second kappa shape index (κ2) is 7.68. The number of nitrogens with zero attached hydrogens (tertiary/aromatic N) is 3. The van der Waals surface area contributed by atoms with Gasteiger partial charge in [0.15, 0.2) is 0 Å². The van der Waals surface area contributed by atoms with Crippen LogP contribution >= 0.6 is 0 Å². The van der Waals surface area contributed by atoms with Crippen LogP contribution in [0.5, 0.6) is 0 Å². The highest BCUT2D eigenvalue weighted by Gasteiger charge is 2.34. The van der Waals surface area contributed by atoms with Crippen molar-refractivity contribution >= 4 is 20.9 Å². The maximum Gasteiger partial charge on any atom is 0.245 e. The zero-order valence-electron chi connectivity index (χ0n) is 15.2. The zero-order valence-corrected chi connectivity index (χ0v) is 16.0. The van der Waals surface area contributed by atoms with Crippen molar-refractivity contribution in [1.29, 1.82) is 5.26 Å². The first kappa shape index (κ1) is 18.6. The minimum atomic E-state index is -3.90. The fraction of sp³-hybridized carbons (Fsp3) is 0.238. The van der Waals surface area contributed by atoms with Crippen LogP contribution in [0.2, 0.25) is 0 Å². The van der Waals surface area contributed by atoms with E-state index in [4.69, 9.17) is 4.74 Å². The minimum Gasteiger partial charge on any atom is -0.375 e. The molecule has 0 bridgehead atoms. The van der Waals surface area contributed by atoms with Crippen LogP contribution in [0.15, 0.2) is 65.7 Å². The van der Waals surface area contributed by atoms with Gasteiger partial charge in [0, 0.05) is 18.1 Å². The van der Waals surface area contributed by atoms with Crippen molar-refractivity contribution in [3.8, 4) is 6.07 Å². The van der Waals surface area contributed by atoms with Gasteiger partial charge in [0.25, 0.3) is 0 Å². The molecular weight excluding hydrogens is 374 g/mol. The Balaban J connectivity index is 1.86. The highest BCUT2D eigenvalue weighted by atomic mass is 32.2. The van der Waals surface area contributed by atoms with Gasteiger partial charge in [-0.15, -0.1) is 0 Å². The number of fused-ring (bicyclic) bond motifs is 2. The Morgan fingerprint density at radius 2 is 1.89 bits per heavy atom. The van der Waals surface area contributed by atoms with E-state index in [1.54, 1.807) is 24.4 Å². The number of para-hydroxylation sites is 1. The van der Waals surface area contributed by atoms with E-state index in [-0.39, 0.29) is 24.5 Å². The molecule has 2 heterocycles. The summed E-state index contributed by atoms with van der Waals surface area (Å²) in [5.41, 5.74) is 2.26. The number of aromatic nitrogens is 1. The van der Waals surface area contributed by atoms with Gasteiger partial charge in [-0.2, -0.15) is 9.57 Å². The number of sulfonamides is 1. The lowest BCUT2D eigenvalue weighted by Gasteiger charge is -2.32. The molecule has 6 nitrogen and oxygen atoms in total. The standard InChI is InChI=1S/C21H19N3O3S/c22-11-10-19-15-27-14-18-6-2-1-5-17(18)13-24(19)28(25,26)20-9-3-7-16-8-4-12-23-21(16)20/h1-9,12,19H,10,13-15H2/t19-/m1/s1. The lowest BCUT2D eigenvalue weighted by atomic mass is 10.1. The Bertz CT molecular complexity index is 1150. The van der Waals surface area contributed by atoms with Crippen LogP contribution in [0.25, 0.3) is 10.9 Å². The Morgan fingerprint density at radius 3 is 2.71 bits per heavy atom. The van der Waals surface area contributed by atoms with Gasteiger partial charge in [-0.05, 0) is 23.3 Å². The van der Waals surface area contributed by atoms with Crippen molar-refractivity contribution in [2.24, 2.45) is 0 Å². The molecule has 1 aromatic heterocycles. The molecule has 0 spiro atoms. The SMILES string of the molecule is N#CC[C@@H]1COCc2ccccc2CN1S(=O)(=O)c1cccc2cccnc12. The molecule has 28 heavy (non-hydrogen) atoms. The third-order valence-corrected chi connectivity index (χ3v) is 6.86. The van der Waals surface area contributed by atoms with Gasteiger partial charge in [-0.3, -0.25) is 4.98 Å². The lowest BCUT2D eigenvalue weighted by Crippen LogP contribution is -2.43. The third kappa shape index (κ3) is 3.38. The van der Waals surface area contributed by atoms with E-state index in [1.807, 2.05) is 36.4 Å². The van der Waals surface area contributed by atoms with Crippen molar-refractivity contribution in [1.82, 2.24) is 9.29 Å². The molecule has 0 radical (unpaired) electrons. The van der Waals surface area contributed by atoms with Gasteiger partial charge < -0.3 is 4.74 Å². The first-order valence-corrected chi connectivity index (χ1v) is 10.4. The van der Waals surface area contributed by atoms with Crippen LogP contribution in [0, 0.1) is 11.3 Å². The van der Waals surface area contributed by atoms with E-state index in [1.165, 1.54) is 4.31 Å². The number of pyridine rings is 1. The summed E-state index contributed by atoms with van der Waals surface area (Å²) in [5.74, 6) is 0. The number of ether oxygens (including phenoxy) is 1. The van der Waals surface area contributed by atoms with Gasteiger partial charge in [-0.25, -0.2) is 8.42 Å². The van der Waals surface area contributed by atoms with Crippen molar-refractivity contribution in [2.45, 2.75) is 30.5 Å². The summed E-state index contributed by atoms with van der Waals surface area (Å²) in [6.45, 7) is 0.762. The van der Waals surface area contributed by atoms with Crippen LogP contribution in [0.3, 0.4) is 0 Å². The molecule has 0 fully saturated rings. The van der Waals surface area contributed by atoms with Gasteiger partial charge in [-0.1, -0.05) is 42.5 Å². The summed E-state index contributed by atoms with van der Waals surface area (Å²) < 4.78 is 34.5. The second-order valence-electron chi connectivity index (χ2n) is 6.68. The number of hydrogen-bond acceptors (Lipinski definition) is 5. The van der Waals surface area contributed by atoms with Crippen molar-refractivity contribution in [2.75, 3.05) is 6.61 Å². The van der Waals surface area contributed by atoms with E-state index in [2.05, 4.69) is 11.1 Å². The van der Waals surface area contributed by atoms with E-state index >= 15 is 0 Å². The molecule has 0 saturated heterocycles. The van der Waals surface area contributed by atoms with Crippen LogP contribution in [0.1, 0.15) is 17.5 Å². The van der Waals surface area contributed by atoms with E-state index in [9.17, 15) is 13.7 Å². The number of hydrogen-bond donors (Lipinski definition) is 0. The molecule has 1 aliphatic rings. The molecule has 4 rings (SSSR count). The van der Waals surface area contributed by atoms with Gasteiger partial charge in [0.05, 0.1) is 37.3 Å². The number of benzene rings is 2. The van der Waals surface area contributed by atoms with Crippen molar-refractivity contribution in [3.63, 3.8) is 0 Å². The first-order valence-electron chi connectivity index (χ1n) is 8.98. The Morgan fingerprint density at radius 1 is 1.11 bits per heavy atom. The highest BCUT2D eigenvalue weighted by molar-refractivity contribution is 7.89. The maximum atomic E-state index is 13.7. The molecule has 3 aromatic rings. The molecule has 0 amide bonds. The largest absolute Gasteiger partial charge is 0.375 e. The Labute approximate surface area is 164 Å². The van der Waals surface area contributed by atoms with Crippen LogP contribution in [0.4, 0.5) is 0 Å². The second-order valence-corrected chi connectivity index (χ2v) is 8.54. The molecule has 0 N–H and O–H groups in total. The first-order chi connectivity index (χ1) is 13.6. The van der Waals surface area contributed by atoms with Crippen LogP contribution in [-0.2, 0) is 27.9 Å². The predicted molar refractivity (Wildman–Crippen MR) is 105 cm³/mol. The molecular formula is C21H19N3O3S. The maximum absolute atomic E-state index is 13.7. The highest BCUT2D eigenvalue weighted by Crippen LogP contribution is 2.29. The number of rotatable bonds is 3. The molecule has 0 aliphatic carbocycles. The summed E-state index contributed by atoms with van der Waals surface area (Å²) in [7, 11) is -3.90. The lowest BCUT2D eigenvalue weighted by molar-refractivity contribution is 0.0688. The van der Waals surface area contributed by atoms with Crippen molar-refractivity contribution in [3.05, 3.63) is 71.9 Å². The summed E-state index contributed by atoms with van der Waals surface area (Å²) in [4.78, 5) is 4.44. The van der Waals surface area contributed by atoms with Gasteiger partial charge in [0.1, 0.15) is 4.90 Å². The topological polar surface area (TPSA) is 83.3 Å². The fourth-order valence-electron chi connectivity index (χ4n) is 3.50. The average molecular weight is 393 g/mol. The van der Waals surface area contributed by atoms with Crippen LogP contribution in [-0.4, -0.2) is 30.4 Å². The number of nitriles is 1. The van der Waals surface area contributed by atoms with Crippen LogP contribution < -0.4 is 0 Å². The van der Waals surface area contributed by atoms with Gasteiger partial charge in [0.2, 0.25) is 10.0 Å². The van der Waals surface area contributed by atoms with E-state index in [0.717, 1.165) is 16.5 Å². The summed E-state index contributed by atoms with van der Waals surface area (Å²) in [5, 5.41) is 10.0. The third-order valence-electron chi connectivity index (χ3n) is 4.93. The Hall–Kier alpha value is -2.79. The summed E-state index contributed by atoms with van der Waals surface area (Å²) >= 11 is 0. The molecule has 7 heteroatoms. The predicted octanol–water partition coefficient (Wildman–Crippen LogP) is 3.24. The smallest absolute Gasteiger partial charge is 0.245 e. The molecule has 1 atom stereocenters. The molecule has 142 valence electrons. The summed E-state index contributed by atoms with van der Waals surface area (Å²) in [6, 6.07) is 17.9. The zero-order chi connectivity index (χ0) is 19.6. The monoisotopic (exact) mass is 393 g/mol. The van der Waals surface area contributed by atoms with Gasteiger partial charge >= 0.3 is 0 Å². The Kier molecular flexibility index (Phi) is 5.09. The van der Waals surface area contributed by atoms with E-state index < -0.39 is 16.1 Å². The van der Waals surface area contributed by atoms with E-state index in [0.29, 0.717) is 12.1 Å². The molecule has 0 saturated carbocycles. The molecule has 0 unspecified atom stereocenters. The quantitative estimate of drug-likeness (QED) is 0.682.